The average Bonchev–Trinajstić information content (AvgIpc) is 3.11. The highest BCUT2D eigenvalue weighted by molar-refractivity contribution is 14.0. The molecule has 0 atom stereocenters. The third-order valence-corrected chi connectivity index (χ3v) is 3.32. The quantitative estimate of drug-likeness (QED) is 0.336. The van der Waals surface area contributed by atoms with Gasteiger partial charge in [0.25, 0.3) is 0 Å². The van der Waals surface area contributed by atoms with Crippen molar-refractivity contribution in [3.63, 3.8) is 0 Å². The van der Waals surface area contributed by atoms with Crippen LogP contribution in [-0.4, -0.2) is 32.0 Å². The number of halogens is 2. The van der Waals surface area contributed by atoms with Gasteiger partial charge >= 0.3 is 0 Å². The summed E-state index contributed by atoms with van der Waals surface area (Å²) < 4.78 is 18.7. The van der Waals surface area contributed by atoms with Gasteiger partial charge in [-0.2, -0.15) is 0 Å². The van der Waals surface area contributed by atoms with Crippen molar-refractivity contribution in [3.8, 4) is 0 Å². The van der Waals surface area contributed by atoms with E-state index in [2.05, 4.69) is 20.9 Å². The number of hydrogen-bond donors (Lipinski definition) is 3. The summed E-state index contributed by atoms with van der Waals surface area (Å²) in [7, 11) is 1.61. The summed E-state index contributed by atoms with van der Waals surface area (Å²) in [5, 5.41) is 8.67. The molecular formula is C17H22FIN4O2. The van der Waals surface area contributed by atoms with Gasteiger partial charge in [0.2, 0.25) is 5.91 Å². The lowest BCUT2D eigenvalue weighted by Crippen LogP contribution is -2.43. The molecule has 2 aromatic rings. The van der Waals surface area contributed by atoms with Gasteiger partial charge in [-0.1, -0.05) is 18.2 Å². The molecule has 136 valence electrons. The van der Waals surface area contributed by atoms with Gasteiger partial charge in [0, 0.05) is 13.6 Å². The van der Waals surface area contributed by atoms with Crippen LogP contribution < -0.4 is 16.0 Å². The fraction of sp³-hybridized carbons (Fsp3) is 0.294. The Morgan fingerprint density at radius 3 is 2.64 bits per heavy atom. The highest BCUT2D eigenvalue weighted by Crippen LogP contribution is 2.06. The van der Waals surface area contributed by atoms with Crippen LogP contribution in [0.25, 0.3) is 0 Å². The second kappa shape index (κ2) is 11.5. The zero-order valence-corrected chi connectivity index (χ0v) is 16.3. The van der Waals surface area contributed by atoms with E-state index in [0.717, 1.165) is 0 Å². The molecule has 2 rings (SSSR count). The minimum absolute atomic E-state index is 0. The molecular weight excluding hydrogens is 438 g/mol. The van der Waals surface area contributed by atoms with E-state index in [4.69, 9.17) is 4.42 Å². The van der Waals surface area contributed by atoms with Gasteiger partial charge in [-0.05, 0) is 30.2 Å². The molecule has 0 aliphatic rings. The van der Waals surface area contributed by atoms with Crippen LogP contribution in [0.1, 0.15) is 11.3 Å². The van der Waals surface area contributed by atoms with E-state index < -0.39 is 0 Å². The van der Waals surface area contributed by atoms with Crippen molar-refractivity contribution in [1.82, 2.24) is 16.0 Å². The largest absolute Gasteiger partial charge is 0.467 e. The normalized spacial score (nSPS) is 10.7. The van der Waals surface area contributed by atoms with Gasteiger partial charge < -0.3 is 20.4 Å². The predicted octanol–water partition coefficient (Wildman–Crippen LogP) is 2.06. The van der Waals surface area contributed by atoms with Gasteiger partial charge in [-0.15, -0.1) is 24.0 Å². The van der Waals surface area contributed by atoms with Crippen molar-refractivity contribution in [2.24, 2.45) is 4.99 Å². The number of aliphatic imine (C=N–C) groups is 1. The van der Waals surface area contributed by atoms with Crippen molar-refractivity contribution in [1.29, 1.82) is 0 Å². The lowest BCUT2D eigenvalue weighted by atomic mass is 10.1. The number of hydrogen-bond acceptors (Lipinski definition) is 3. The fourth-order valence-electron chi connectivity index (χ4n) is 2.06. The summed E-state index contributed by atoms with van der Waals surface area (Å²) in [6.07, 6.45) is 2.08. The van der Waals surface area contributed by atoms with E-state index in [0.29, 0.717) is 36.8 Å². The first-order valence-corrected chi connectivity index (χ1v) is 7.66. The Morgan fingerprint density at radius 1 is 1.16 bits per heavy atom. The van der Waals surface area contributed by atoms with Gasteiger partial charge in [-0.25, -0.2) is 4.39 Å². The van der Waals surface area contributed by atoms with E-state index in [1.807, 2.05) is 0 Å². The van der Waals surface area contributed by atoms with Crippen molar-refractivity contribution >= 4 is 35.8 Å². The zero-order valence-electron chi connectivity index (χ0n) is 13.9. The Balaban J connectivity index is 0.00000312. The Morgan fingerprint density at radius 2 is 1.96 bits per heavy atom. The molecule has 0 radical (unpaired) electrons. The highest BCUT2D eigenvalue weighted by atomic mass is 127. The van der Waals surface area contributed by atoms with Crippen LogP contribution in [-0.2, 0) is 17.8 Å². The first kappa shape index (κ1) is 20.9. The molecule has 0 aliphatic carbocycles. The molecule has 8 heteroatoms. The number of rotatable bonds is 7. The fourth-order valence-corrected chi connectivity index (χ4v) is 2.06. The maximum atomic E-state index is 13.5. The molecule has 0 spiro atoms. The average molecular weight is 460 g/mol. The summed E-state index contributed by atoms with van der Waals surface area (Å²) in [5.41, 5.74) is 0.636. The first-order chi connectivity index (χ1) is 11.7. The van der Waals surface area contributed by atoms with Crippen LogP contribution in [0, 0.1) is 5.82 Å². The monoisotopic (exact) mass is 460 g/mol. The maximum absolute atomic E-state index is 13.5. The maximum Gasteiger partial charge on any atom is 0.239 e. The van der Waals surface area contributed by atoms with Gasteiger partial charge in [0.15, 0.2) is 5.96 Å². The molecule has 1 amide bonds. The lowest BCUT2D eigenvalue weighted by Gasteiger charge is -2.12. The Labute approximate surface area is 163 Å². The molecule has 0 bridgehead atoms. The first-order valence-electron chi connectivity index (χ1n) is 7.66. The number of furan rings is 1. The standard InChI is InChI=1S/C17H21FN4O2.HI/c1-19-17(20-9-8-13-5-2-3-7-15(13)18)22-12-16(23)21-11-14-6-4-10-24-14;/h2-7,10H,8-9,11-12H2,1H3,(H,21,23)(H2,19,20,22);1H. The highest BCUT2D eigenvalue weighted by Gasteiger charge is 2.05. The van der Waals surface area contributed by atoms with Crippen LogP contribution in [0.4, 0.5) is 4.39 Å². The lowest BCUT2D eigenvalue weighted by molar-refractivity contribution is -0.120. The molecule has 1 heterocycles. The Kier molecular flexibility index (Phi) is 9.60. The van der Waals surface area contributed by atoms with Crippen molar-refractivity contribution in [2.75, 3.05) is 20.1 Å². The van der Waals surface area contributed by atoms with Crippen LogP contribution in [0.2, 0.25) is 0 Å². The predicted molar refractivity (Wildman–Crippen MR) is 105 cm³/mol. The van der Waals surface area contributed by atoms with Crippen LogP contribution >= 0.6 is 24.0 Å². The topological polar surface area (TPSA) is 78.7 Å². The number of guanidine groups is 1. The second-order valence-electron chi connectivity index (χ2n) is 5.05. The van der Waals surface area contributed by atoms with Gasteiger partial charge in [0.1, 0.15) is 11.6 Å². The number of carbonyl (C=O) groups is 1. The number of benzene rings is 1. The van der Waals surface area contributed by atoms with E-state index in [-0.39, 0.29) is 42.2 Å². The molecule has 1 aromatic heterocycles. The number of nitrogens with one attached hydrogen (secondary N) is 3. The minimum Gasteiger partial charge on any atom is -0.467 e. The molecule has 0 aliphatic heterocycles. The van der Waals surface area contributed by atoms with E-state index >= 15 is 0 Å². The molecule has 1 aromatic carbocycles. The molecule has 0 saturated carbocycles. The molecule has 6 nitrogen and oxygen atoms in total. The van der Waals surface area contributed by atoms with Gasteiger partial charge in [0.05, 0.1) is 19.4 Å². The minimum atomic E-state index is -0.223. The second-order valence-corrected chi connectivity index (χ2v) is 5.05. The third-order valence-electron chi connectivity index (χ3n) is 3.32. The summed E-state index contributed by atoms with van der Waals surface area (Å²) >= 11 is 0. The summed E-state index contributed by atoms with van der Waals surface area (Å²) in [6, 6.07) is 10.2. The molecule has 0 unspecified atom stereocenters. The molecule has 0 fully saturated rings. The number of amides is 1. The van der Waals surface area contributed by atoms with Crippen molar-refractivity contribution < 1.29 is 13.6 Å². The smallest absolute Gasteiger partial charge is 0.239 e. The SMILES string of the molecule is CN=C(NCCc1ccccc1F)NCC(=O)NCc1ccco1.I. The van der Waals surface area contributed by atoms with E-state index in [1.54, 1.807) is 43.6 Å². The Bertz CT molecular complexity index is 677. The zero-order chi connectivity index (χ0) is 17.2. The summed E-state index contributed by atoms with van der Waals surface area (Å²) in [6.45, 7) is 0.932. The van der Waals surface area contributed by atoms with Gasteiger partial charge in [-0.3, -0.25) is 9.79 Å². The van der Waals surface area contributed by atoms with E-state index in [1.165, 1.54) is 6.07 Å². The van der Waals surface area contributed by atoms with Crippen molar-refractivity contribution in [2.45, 2.75) is 13.0 Å². The molecule has 3 N–H and O–H groups in total. The van der Waals surface area contributed by atoms with Crippen LogP contribution in [0.15, 0.2) is 52.1 Å². The summed E-state index contributed by atoms with van der Waals surface area (Å²) in [4.78, 5) is 15.8. The third kappa shape index (κ3) is 7.55. The Hall–Kier alpha value is -2.10. The molecule has 25 heavy (non-hydrogen) atoms. The van der Waals surface area contributed by atoms with E-state index in [9.17, 15) is 9.18 Å². The van der Waals surface area contributed by atoms with Crippen LogP contribution in [0.3, 0.4) is 0 Å². The van der Waals surface area contributed by atoms with Crippen LogP contribution in [0.5, 0.6) is 0 Å². The van der Waals surface area contributed by atoms with Crippen molar-refractivity contribution in [3.05, 3.63) is 59.8 Å². The summed E-state index contributed by atoms with van der Waals surface area (Å²) in [5.74, 6) is 0.776. The molecule has 0 saturated heterocycles. The number of nitrogens with zero attached hydrogens (tertiary/aromatic N) is 1. The number of carbonyl (C=O) groups excluding carboxylic acids is 1.